The highest BCUT2D eigenvalue weighted by Gasteiger charge is 2.27. The summed E-state index contributed by atoms with van der Waals surface area (Å²) in [5.41, 5.74) is -0.502. The molecule has 0 aliphatic rings. The highest BCUT2D eigenvalue weighted by molar-refractivity contribution is 7.93. The molecule has 0 bridgehead atoms. The largest absolute Gasteiger partial charge is 0.466 e. The number of sulfone groups is 1. The molecule has 1 heterocycles. The SMILES string of the molecule is CCOC(=O)C(C)CC(=O)Oc1ccccc1C(=O)Nc1nc(C(=O)OC)c(S(C)(=O)=O)s1. The van der Waals surface area contributed by atoms with E-state index in [1.54, 1.807) is 6.92 Å². The molecular formula is C20H22N2O9S2. The van der Waals surface area contributed by atoms with Crippen LogP contribution in [0.25, 0.3) is 0 Å². The van der Waals surface area contributed by atoms with Crippen LogP contribution in [-0.2, 0) is 28.9 Å². The van der Waals surface area contributed by atoms with Crippen LogP contribution in [0.2, 0.25) is 0 Å². The third-order valence-corrected chi connectivity index (χ3v) is 6.84. The second-order valence-electron chi connectivity index (χ2n) is 6.70. The van der Waals surface area contributed by atoms with E-state index in [-0.39, 0.29) is 33.7 Å². The van der Waals surface area contributed by atoms with Crippen molar-refractivity contribution < 1.29 is 41.8 Å². The monoisotopic (exact) mass is 498 g/mol. The number of thiazole rings is 1. The fraction of sp³-hybridized carbons (Fsp3) is 0.350. The Hall–Kier alpha value is -3.32. The Bertz CT molecular complexity index is 1170. The van der Waals surface area contributed by atoms with Crippen LogP contribution in [0.15, 0.2) is 28.5 Å². The van der Waals surface area contributed by atoms with Gasteiger partial charge in [0.2, 0.25) is 0 Å². The van der Waals surface area contributed by atoms with Crippen molar-refractivity contribution >= 4 is 50.1 Å². The van der Waals surface area contributed by atoms with E-state index in [2.05, 4.69) is 15.0 Å². The summed E-state index contributed by atoms with van der Waals surface area (Å²) in [5, 5.41) is 2.22. The second kappa shape index (κ2) is 11.0. The normalized spacial score (nSPS) is 11.9. The Morgan fingerprint density at radius 1 is 1.18 bits per heavy atom. The number of nitrogens with one attached hydrogen (secondary N) is 1. The maximum absolute atomic E-state index is 12.8. The number of benzene rings is 1. The summed E-state index contributed by atoms with van der Waals surface area (Å²) in [4.78, 5) is 52.4. The van der Waals surface area contributed by atoms with Crippen molar-refractivity contribution in [3.8, 4) is 5.75 Å². The van der Waals surface area contributed by atoms with Crippen LogP contribution < -0.4 is 10.1 Å². The minimum Gasteiger partial charge on any atom is -0.466 e. The average molecular weight is 499 g/mol. The smallest absolute Gasteiger partial charge is 0.359 e. The van der Waals surface area contributed by atoms with Gasteiger partial charge in [0.25, 0.3) is 5.91 Å². The molecule has 1 unspecified atom stereocenters. The summed E-state index contributed by atoms with van der Waals surface area (Å²) in [5.74, 6) is -3.85. The molecule has 1 aromatic carbocycles. The first-order chi connectivity index (χ1) is 15.5. The standard InChI is InChI=1S/C20H22N2O9S2/c1-5-30-17(25)11(2)10-14(23)31-13-9-7-6-8-12(13)16(24)22-20-21-15(18(26)29-3)19(32-20)33(4,27)28/h6-9,11H,5,10H2,1-4H3,(H,21,22,24). The zero-order valence-electron chi connectivity index (χ0n) is 18.2. The van der Waals surface area contributed by atoms with Crippen LogP contribution in [0.4, 0.5) is 5.13 Å². The lowest BCUT2D eigenvalue weighted by molar-refractivity contribution is -0.151. The van der Waals surface area contributed by atoms with E-state index in [0.29, 0.717) is 11.3 Å². The number of esters is 3. The first-order valence-corrected chi connectivity index (χ1v) is 12.3. The predicted octanol–water partition coefficient (Wildman–Crippen LogP) is 2.08. The zero-order chi connectivity index (χ0) is 24.8. The van der Waals surface area contributed by atoms with Crippen molar-refractivity contribution in [1.82, 2.24) is 4.98 Å². The molecule has 13 heteroatoms. The maximum atomic E-state index is 12.8. The second-order valence-corrected chi connectivity index (χ2v) is 9.91. The molecular weight excluding hydrogens is 476 g/mol. The number of aromatic nitrogens is 1. The third kappa shape index (κ3) is 6.83. The minimum atomic E-state index is -3.82. The van der Waals surface area contributed by atoms with Gasteiger partial charge >= 0.3 is 17.9 Å². The lowest BCUT2D eigenvalue weighted by Gasteiger charge is -2.12. The molecule has 2 aromatic rings. The van der Waals surface area contributed by atoms with Crippen LogP contribution in [0, 0.1) is 5.92 Å². The van der Waals surface area contributed by atoms with E-state index >= 15 is 0 Å². The summed E-state index contributed by atoms with van der Waals surface area (Å²) < 4.78 is 38.2. The van der Waals surface area contributed by atoms with Gasteiger partial charge < -0.3 is 14.2 Å². The van der Waals surface area contributed by atoms with E-state index < -0.39 is 45.3 Å². The van der Waals surface area contributed by atoms with E-state index in [4.69, 9.17) is 9.47 Å². The van der Waals surface area contributed by atoms with Crippen LogP contribution >= 0.6 is 11.3 Å². The molecule has 33 heavy (non-hydrogen) atoms. The summed E-state index contributed by atoms with van der Waals surface area (Å²) >= 11 is 0.578. The molecule has 1 N–H and O–H groups in total. The molecule has 0 spiro atoms. The molecule has 0 radical (unpaired) electrons. The van der Waals surface area contributed by atoms with Gasteiger partial charge in [-0.25, -0.2) is 18.2 Å². The quantitative estimate of drug-likeness (QED) is 0.401. The first kappa shape index (κ1) is 25.9. The number of methoxy groups -OCH3 is 1. The Kier molecular flexibility index (Phi) is 8.65. The van der Waals surface area contributed by atoms with Gasteiger partial charge in [-0.15, -0.1) is 0 Å². The van der Waals surface area contributed by atoms with Crippen molar-refractivity contribution in [3.05, 3.63) is 35.5 Å². The summed E-state index contributed by atoms with van der Waals surface area (Å²) in [6, 6.07) is 5.82. The summed E-state index contributed by atoms with van der Waals surface area (Å²) in [7, 11) is -2.75. The molecule has 1 aromatic heterocycles. The van der Waals surface area contributed by atoms with E-state index in [1.807, 2.05) is 0 Å². The Morgan fingerprint density at radius 2 is 1.85 bits per heavy atom. The van der Waals surface area contributed by atoms with Crippen molar-refractivity contribution in [2.24, 2.45) is 5.92 Å². The average Bonchev–Trinajstić information content (AvgIpc) is 3.18. The van der Waals surface area contributed by atoms with Gasteiger partial charge in [0.1, 0.15) is 5.75 Å². The van der Waals surface area contributed by atoms with E-state index in [9.17, 15) is 27.6 Å². The van der Waals surface area contributed by atoms with Crippen molar-refractivity contribution in [3.63, 3.8) is 0 Å². The number of para-hydroxylation sites is 1. The molecule has 0 saturated carbocycles. The van der Waals surface area contributed by atoms with Gasteiger partial charge in [0, 0.05) is 6.26 Å². The van der Waals surface area contributed by atoms with Gasteiger partial charge in [-0.05, 0) is 19.1 Å². The Labute approximate surface area is 194 Å². The Balaban J connectivity index is 2.22. The minimum absolute atomic E-state index is 0.0506. The molecule has 2 rings (SSSR count). The third-order valence-electron chi connectivity index (χ3n) is 4.05. The molecule has 0 aliphatic carbocycles. The number of rotatable bonds is 9. The van der Waals surface area contributed by atoms with Gasteiger partial charge in [-0.1, -0.05) is 30.4 Å². The lowest BCUT2D eigenvalue weighted by Crippen LogP contribution is -2.22. The fourth-order valence-corrected chi connectivity index (χ4v) is 4.53. The van der Waals surface area contributed by atoms with Crippen molar-refractivity contribution in [2.75, 3.05) is 25.3 Å². The maximum Gasteiger partial charge on any atom is 0.359 e. The highest BCUT2D eigenvalue weighted by Crippen LogP contribution is 2.29. The molecule has 0 aliphatic heterocycles. The predicted molar refractivity (Wildman–Crippen MR) is 117 cm³/mol. The lowest BCUT2D eigenvalue weighted by atomic mass is 10.1. The van der Waals surface area contributed by atoms with Gasteiger partial charge in [-0.2, -0.15) is 0 Å². The van der Waals surface area contributed by atoms with Crippen molar-refractivity contribution in [1.29, 1.82) is 0 Å². The van der Waals surface area contributed by atoms with Crippen LogP contribution in [0.3, 0.4) is 0 Å². The molecule has 1 amide bonds. The highest BCUT2D eigenvalue weighted by atomic mass is 32.2. The Morgan fingerprint density at radius 3 is 2.45 bits per heavy atom. The number of hydrogen-bond acceptors (Lipinski definition) is 11. The summed E-state index contributed by atoms with van der Waals surface area (Å²) in [6.07, 6.45) is 0.631. The molecule has 178 valence electrons. The number of hydrogen-bond donors (Lipinski definition) is 1. The molecule has 0 saturated heterocycles. The molecule has 0 fully saturated rings. The summed E-state index contributed by atoms with van der Waals surface area (Å²) in [6.45, 7) is 3.34. The number of nitrogens with zero attached hydrogens (tertiary/aromatic N) is 1. The van der Waals surface area contributed by atoms with Crippen LogP contribution in [0.1, 0.15) is 41.1 Å². The van der Waals surface area contributed by atoms with Gasteiger partial charge in [0.15, 0.2) is 24.9 Å². The number of ether oxygens (including phenoxy) is 3. The first-order valence-electron chi connectivity index (χ1n) is 9.54. The van der Waals surface area contributed by atoms with Gasteiger partial charge in [0.05, 0.1) is 31.6 Å². The number of carbonyl (C=O) groups is 4. The van der Waals surface area contributed by atoms with Crippen LogP contribution in [0.5, 0.6) is 5.75 Å². The zero-order valence-corrected chi connectivity index (χ0v) is 19.9. The topological polar surface area (TPSA) is 155 Å². The fourth-order valence-electron chi connectivity index (χ4n) is 2.53. The number of carbonyl (C=O) groups excluding carboxylic acids is 4. The van der Waals surface area contributed by atoms with E-state index in [0.717, 1.165) is 13.4 Å². The molecule has 1 atom stereocenters. The van der Waals surface area contributed by atoms with Gasteiger partial charge in [-0.3, -0.25) is 19.7 Å². The number of anilines is 1. The molecule has 11 nitrogen and oxygen atoms in total. The van der Waals surface area contributed by atoms with Crippen molar-refractivity contribution in [2.45, 2.75) is 24.5 Å². The number of amides is 1. The van der Waals surface area contributed by atoms with E-state index in [1.165, 1.54) is 31.2 Å². The van der Waals surface area contributed by atoms with Crippen LogP contribution in [-0.4, -0.2) is 57.2 Å².